The van der Waals surface area contributed by atoms with E-state index in [0.29, 0.717) is 70.1 Å². The molecule has 2 heterocycles. The molecule has 2 saturated heterocycles. The van der Waals surface area contributed by atoms with Crippen molar-refractivity contribution in [1.29, 1.82) is 0 Å². The van der Waals surface area contributed by atoms with E-state index < -0.39 is 6.04 Å². The number of nitrogens with one attached hydrogen (secondary N) is 1. The third-order valence-corrected chi connectivity index (χ3v) is 6.10. The van der Waals surface area contributed by atoms with E-state index in [1.165, 1.54) is 0 Å². The Balaban J connectivity index is 1.71. The number of hydrogen-bond donors (Lipinski definition) is 1. The fourth-order valence-electron chi connectivity index (χ4n) is 4.33. The van der Waals surface area contributed by atoms with Crippen LogP contribution >= 0.6 is 0 Å². The second kappa shape index (κ2) is 10.8. The number of hydrogen-bond acceptors (Lipinski definition) is 4. The zero-order chi connectivity index (χ0) is 22.4. The monoisotopic (exact) mass is 429 g/mol. The lowest BCUT2D eigenvalue weighted by atomic mass is 9.87. The fraction of sp³-hybridized carbons (Fsp3) is 0.625. The zero-order valence-electron chi connectivity index (χ0n) is 18.9. The van der Waals surface area contributed by atoms with Crippen molar-refractivity contribution in [2.75, 3.05) is 39.4 Å². The van der Waals surface area contributed by atoms with Gasteiger partial charge in [-0.1, -0.05) is 31.5 Å². The first-order chi connectivity index (χ1) is 14.8. The van der Waals surface area contributed by atoms with Crippen molar-refractivity contribution >= 4 is 17.7 Å². The van der Waals surface area contributed by atoms with Crippen molar-refractivity contribution in [2.45, 2.75) is 46.1 Å². The van der Waals surface area contributed by atoms with Crippen molar-refractivity contribution < 1.29 is 19.1 Å². The minimum absolute atomic E-state index is 0.00667. The molecule has 7 heteroatoms. The van der Waals surface area contributed by atoms with E-state index in [2.05, 4.69) is 5.32 Å². The average Bonchev–Trinajstić information content (AvgIpc) is 2.77. The Morgan fingerprint density at radius 2 is 1.74 bits per heavy atom. The number of piperidine rings is 1. The summed E-state index contributed by atoms with van der Waals surface area (Å²) in [4.78, 5) is 42.4. The number of rotatable bonds is 6. The summed E-state index contributed by atoms with van der Waals surface area (Å²) in [6.07, 6.45) is 1.96. The van der Waals surface area contributed by atoms with Gasteiger partial charge in [-0.15, -0.1) is 0 Å². The summed E-state index contributed by atoms with van der Waals surface area (Å²) in [6, 6.07) is 6.80. The van der Waals surface area contributed by atoms with Crippen molar-refractivity contribution in [2.24, 2.45) is 11.8 Å². The normalized spacial score (nSPS) is 18.7. The lowest BCUT2D eigenvalue weighted by Gasteiger charge is -2.38. The number of carbonyl (C=O) groups excluding carboxylic acids is 3. The van der Waals surface area contributed by atoms with Crippen LogP contribution in [0.3, 0.4) is 0 Å². The molecule has 1 N–H and O–H groups in total. The maximum atomic E-state index is 13.4. The van der Waals surface area contributed by atoms with Crippen LogP contribution in [0, 0.1) is 18.8 Å². The third kappa shape index (κ3) is 6.29. The Hall–Kier alpha value is -2.41. The standard InChI is InChI=1S/C24H35N3O4/c1-17(2)15-21(28)26-9-7-19(8-10-26)22(24(30)27-11-13-31-14-12-27)25-23(29)20-6-4-5-18(3)16-20/h4-6,16-17,19,22H,7-15H2,1-3H3,(H,25,29). The smallest absolute Gasteiger partial charge is 0.251 e. The van der Waals surface area contributed by atoms with Crippen LogP contribution < -0.4 is 5.32 Å². The Morgan fingerprint density at radius 1 is 1.06 bits per heavy atom. The average molecular weight is 430 g/mol. The number of ether oxygens (including phenoxy) is 1. The quantitative estimate of drug-likeness (QED) is 0.752. The van der Waals surface area contributed by atoms with Gasteiger partial charge in [0.2, 0.25) is 11.8 Å². The van der Waals surface area contributed by atoms with E-state index in [4.69, 9.17) is 4.74 Å². The Morgan fingerprint density at radius 3 is 2.35 bits per heavy atom. The first-order valence-corrected chi connectivity index (χ1v) is 11.4. The molecule has 3 rings (SSSR count). The number of carbonyl (C=O) groups is 3. The molecule has 0 aliphatic carbocycles. The molecule has 1 unspecified atom stereocenters. The number of morpholine rings is 1. The van der Waals surface area contributed by atoms with E-state index in [1.54, 1.807) is 11.0 Å². The molecule has 170 valence electrons. The molecule has 2 aliphatic rings. The van der Waals surface area contributed by atoms with Crippen LogP contribution in [0.15, 0.2) is 24.3 Å². The first kappa shape index (κ1) is 23.3. The van der Waals surface area contributed by atoms with Crippen LogP contribution in [0.5, 0.6) is 0 Å². The minimum atomic E-state index is -0.589. The molecular weight excluding hydrogens is 394 g/mol. The molecule has 0 bridgehead atoms. The van der Waals surface area contributed by atoms with Crippen LogP contribution in [0.1, 0.15) is 49.0 Å². The molecule has 7 nitrogen and oxygen atoms in total. The fourth-order valence-corrected chi connectivity index (χ4v) is 4.33. The molecule has 2 aliphatic heterocycles. The van der Waals surface area contributed by atoms with Gasteiger partial charge >= 0.3 is 0 Å². The summed E-state index contributed by atoms with van der Waals surface area (Å²) >= 11 is 0. The maximum Gasteiger partial charge on any atom is 0.251 e. The molecule has 3 amide bonds. The summed E-state index contributed by atoms with van der Waals surface area (Å²) in [7, 11) is 0. The summed E-state index contributed by atoms with van der Waals surface area (Å²) < 4.78 is 5.39. The molecule has 2 fully saturated rings. The second-order valence-electron chi connectivity index (χ2n) is 9.07. The van der Waals surface area contributed by atoms with Gasteiger partial charge in [-0.2, -0.15) is 0 Å². The van der Waals surface area contributed by atoms with Gasteiger partial charge in [-0.05, 0) is 43.7 Å². The number of aryl methyl sites for hydroxylation is 1. The van der Waals surface area contributed by atoms with E-state index in [9.17, 15) is 14.4 Å². The van der Waals surface area contributed by atoms with Crippen LogP contribution in [0.4, 0.5) is 0 Å². The maximum absolute atomic E-state index is 13.4. The lowest BCUT2D eigenvalue weighted by molar-refractivity contribution is -0.139. The summed E-state index contributed by atoms with van der Waals surface area (Å²) in [6.45, 7) is 9.41. The molecule has 31 heavy (non-hydrogen) atoms. The highest BCUT2D eigenvalue weighted by Gasteiger charge is 2.36. The lowest BCUT2D eigenvalue weighted by Crippen LogP contribution is -2.56. The van der Waals surface area contributed by atoms with Crippen LogP contribution in [-0.2, 0) is 14.3 Å². The van der Waals surface area contributed by atoms with E-state index in [0.717, 1.165) is 5.56 Å². The number of amides is 3. The number of nitrogens with zero attached hydrogens (tertiary/aromatic N) is 2. The van der Waals surface area contributed by atoms with Crippen molar-refractivity contribution in [3.05, 3.63) is 35.4 Å². The topological polar surface area (TPSA) is 79.0 Å². The Kier molecular flexibility index (Phi) is 8.07. The SMILES string of the molecule is Cc1cccc(C(=O)NC(C(=O)N2CCOCC2)C2CCN(C(=O)CC(C)C)CC2)c1. The molecular formula is C24H35N3O4. The molecule has 1 aromatic carbocycles. The highest BCUT2D eigenvalue weighted by molar-refractivity contribution is 5.97. The van der Waals surface area contributed by atoms with Gasteiger partial charge in [0.25, 0.3) is 5.91 Å². The van der Waals surface area contributed by atoms with Crippen LogP contribution in [0.2, 0.25) is 0 Å². The van der Waals surface area contributed by atoms with Gasteiger partial charge in [0.05, 0.1) is 13.2 Å². The van der Waals surface area contributed by atoms with Gasteiger partial charge < -0.3 is 19.9 Å². The van der Waals surface area contributed by atoms with Crippen LogP contribution in [-0.4, -0.2) is 73.0 Å². The first-order valence-electron chi connectivity index (χ1n) is 11.4. The third-order valence-electron chi connectivity index (χ3n) is 6.10. The molecule has 0 saturated carbocycles. The van der Waals surface area contributed by atoms with E-state index >= 15 is 0 Å². The molecule has 0 radical (unpaired) electrons. The van der Waals surface area contributed by atoms with Crippen LogP contribution in [0.25, 0.3) is 0 Å². The number of likely N-dealkylation sites (tertiary alicyclic amines) is 1. The largest absolute Gasteiger partial charge is 0.378 e. The minimum Gasteiger partial charge on any atom is -0.378 e. The van der Waals surface area contributed by atoms with E-state index in [1.807, 2.05) is 43.9 Å². The summed E-state index contributed by atoms with van der Waals surface area (Å²) in [5.74, 6) is 0.236. The molecule has 1 atom stereocenters. The Bertz CT molecular complexity index is 781. The highest BCUT2D eigenvalue weighted by atomic mass is 16.5. The second-order valence-corrected chi connectivity index (χ2v) is 9.07. The van der Waals surface area contributed by atoms with Gasteiger partial charge in [0.15, 0.2) is 0 Å². The predicted molar refractivity (Wildman–Crippen MR) is 119 cm³/mol. The molecule has 0 aromatic heterocycles. The van der Waals surface area contributed by atoms with Crippen molar-refractivity contribution in [1.82, 2.24) is 15.1 Å². The van der Waals surface area contributed by atoms with Gasteiger partial charge in [-0.25, -0.2) is 0 Å². The molecule has 0 spiro atoms. The molecule has 1 aromatic rings. The predicted octanol–water partition coefficient (Wildman–Crippen LogP) is 2.24. The van der Waals surface area contributed by atoms with Gasteiger partial charge in [-0.3, -0.25) is 14.4 Å². The van der Waals surface area contributed by atoms with E-state index in [-0.39, 0.29) is 23.6 Å². The Labute approximate surface area is 185 Å². The summed E-state index contributed by atoms with van der Waals surface area (Å²) in [5.41, 5.74) is 1.56. The summed E-state index contributed by atoms with van der Waals surface area (Å²) in [5, 5.41) is 3.03. The zero-order valence-corrected chi connectivity index (χ0v) is 18.9. The number of benzene rings is 1. The van der Waals surface area contributed by atoms with Gasteiger partial charge in [0, 0.05) is 38.2 Å². The van der Waals surface area contributed by atoms with Crippen molar-refractivity contribution in [3.8, 4) is 0 Å². The van der Waals surface area contributed by atoms with Gasteiger partial charge in [0.1, 0.15) is 6.04 Å². The van der Waals surface area contributed by atoms with Crippen molar-refractivity contribution in [3.63, 3.8) is 0 Å². The highest BCUT2D eigenvalue weighted by Crippen LogP contribution is 2.24.